The SMILES string of the molecule is COc1ccc(CCS(=O)(=O)NC2=C3CC(C2)CC3C=CCCCC(=O)O)cc1. The fourth-order valence-electron chi connectivity index (χ4n) is 4.19. The summed E-state index contributed by atoms with van der Waals surface area (Å²) in [4.78, 5) is 10.6. The van der Waals surface area contributed by atoms with Crippen molar-refractivity contribution < 1.29 is 23.1 Å². The lowest BCUT2D eigenvalue weighted by Crippen LogP contribution is -2.28. The summed E-state index contributed by atoms with van der Waals surface area (Å²) in [5.74, 6) is 0.824. The Labute approximate surface area is 172 Å². The van der Waals surface area contributed by atoms with Crippen LogP contribution < -0.4 is 9.46 Å². The van der Waals surface area contributed by atoms with E-state index in [-0.39, 0.29) is 18.1 Å². The van der Waals surface area contributed by atoms with Gasteiger partial charge >= 0.3 is 5.97 Å². The smallest absolute Gasteiger partial charge is 0.303 e. The number of rotatable bonds is 11. The van der Waals surface area contributed by atoms with E-state index >= 15 is 0 Å². The number of carbonyl (C=O) groups is 1. The van der Waals surface area contributed by atoms with E-state index in [4.69, 9.17) is 9.84 Å². The van der Waals surface area contributed by atoms with Gasteiger partial charge in [0.15, 0.2) is 0 Å². The highest BCUT2D eigenvalue weighted by Crippen LogP contribution is 2.47. The molecule has 1 fully saturated rings. The summed E-state index contributed by atoms with van der Waals surface area (Å²) in [6, 6.07) is 7.45. The highest BCUT2D eigenvalue weighted by Gasteiger charge is 2.37. The molecular formula is C22H29NO5S. The minimum absolute atomic E-state index is 0.0521. The summed E-state index contributed by atoms with van der Waals surface area (Å²) in [7, 11) is -1.79. The van der Waals surface area contributed by atoms with Gasteiger partial charge in [-0.1, -0.05) is 24.3 Å². The van der Waals surface area contributed by atoms with Crippen molar-refractivity contribution in [3.05, 3.63) is 53.3 Å². The molecule has 0 amide bonds. The molecule has 0 radical (unpaired) electrons. The standard InChI is InChI=1S/C22H29NO5S/c1-28-19-9-7-16(8-10-19)11-12-29(26,27)23-21-15-17-13-18(20(21)14-17)5-3-2-4-6-22(24)25/h3,5,7-10,17-18,23H,2,4,6,11-15H2,1H3,(H,24,25). The normalized spacial score (nSPS) is 21.1. The third-order valence-corrected chi connectivity index (χ3v) is 6.95. The maximum atomic E-state index is 12.6. The third kappa shape index (κ3) is 6.10. The molecule has 0 aliphatic heterocycles. The Morgan fingerprint density at radius 2 is 2.03 bits per heavy atom. The fourth-order valence-corrected chi connectivity index (χ4v) is 5.38. The first-order chi connectivity index (χ1) is 13.9. The van der Waals surface area contributed by atoms with E-state index in [2.05, 4.69) is 10.8 Å². The molecule has 1 saturated carbocycles. The van der Waals surface area contributed by atoms with Crippen LogP contribution in [0.15, 0.2) is 47.7 Å². The Balaban J connectivity index is 1.55. The van der Waals surface area contributed by atoms with Gasteiger partial charge in [0, 0.05) is 18.0 Å². The minimum atomic E-state index is -3.39. The monoisotopic (exact) mass is 419 g/mol. The van der Waals surface area contributed by atoms with Crippen LogP contribution in [0.2, 0.25) is 0 Å². The molecule has 7 heteroatoms. The molecule has 158 valence electrons. The first kappa shape index (κ1) is 21.4. The second-order valence-corrected chi connectivity index (χ2v) is 9.70. The van der Waals surface area contributed by atoms with Gasteiger partial charge in [0.1, 0.15) is 5.75 Å². The van der Waals surface area contributed by atoms with Crippen molar-refractivity contribution in [2.24, 2.45) is 11.8 Å². The Kier molecular flexibility index (Phi) is 7.00. The highest BCUT2D eigenvalue weighted by molar-refractivity contribution is 7.89. The maximum Gasteiger partial charge on any atom is 0.303 e. The number of methoxy groups -OCH3 is 1. The number of aliphatic carboxylic acids is 1. The van der Waals surface area contributed by atoms with E-state index < -0.39 is 16.0 Å². The van der Waals surface area contributed by atoms with Crippen LogP contribution in [-0.4, -0.2) is 32.4 Å². The Morgan fingerprint density at radius 3 is 2.69 bits per heavy atom. The molecule has 2 atom stereocenters. The number of fused-ring (bicyclic) bond motifs is 2. The molecule has 6 nitrogen and oxygen atoms in total. The number of hydrogen-bond acceptors (Lipinski definition) is 4. The molecule has 0 spiro atoms. The van der Waals surface area contributed by atoms with Crippen LogP contribution in [0, 0.1) is 11.8 Å². The van der Waals surface area contributed by atoms with E-state index in [0.29, 0.717) is 18.8 Å². The summed E-state index contributed by atoms with van der Waals surface area (Å²) in [5.41, 5.74) is 3.04. The molecule has 1 aromatic rings. The zero-order valence-corrected chi connectivity index (χ0v) is 17.6. The second-order valence-electron chi connectivity index (χ2n) is 7.85. The van der Waals surface area contributed by atoms with Crippen LogP contribution in [0.1, 0.15) is 44.1 Å². The highest BCUT2D eigenvalue weighted by atomic mass is 32.2. The third-order valence-electron chi connectivity index (χ3n) is 5.65. The van der Waals surface area contributed by atoms with Gasteiger partial charge in [-0.05, 0) is 67.7 Å². The minimum Gasteiger partial charge on any atom is -0.497 e. The van der Waals surface area contributed by atoms with Crippen LogP contribution in [0.3, 0.4) is 0 Å². The van der Waals surface area contributed by atoms with E-state index in [1.807, 2.05) is 30.3 Å². The number of carboxylic acids is 1. The summed E-state index contributed by atoms with van der Waals surface area (Å²) in [6.45, 7) is 0. The molecule has 2 aliphatic rings. The Bertz CT molecular complexity index is 886. The lowest BCUT2D eigenvalue weighted by molar-refractivity contribution is -0.137. The molecule has 29 heavy (non-hydrogen) atoms. The van der Waals surface area contributed by atoms with Gasteiger partial charge in [0.2, 0.25) is 10.0 Å². The topological polar surface area (TPSA) is 92.7 Å². The number of allylic oxidation sites excluding steroid dienone is 4. The van der Waals surface area contributed by atoms with E-state index in [0.717, 1.165) is 42.7 Å². The predicted octanol–water partition coefficient (Wildman–Crippen LogP) is 3.65. The van der Waals surface area contributed by atoms with E-state index in [9.17, 15) is 13.2 Å². The molecule has 2 bridgehead atoms. The molecule has 0 saturated heterocycles. The summed E-state index contributed by atoms with van der Waals surface area (Å²) < 4.78 is 33.1. The van der Waals surface area contributed by atoms with Gasteiger partial charge < -0.3 is 9.84 Å². The molecule has 2 N–H and O–H groups in total. The number of unbranched alkanes of at least 4 members (excludes halogenated alkanes) is 1. The molecule has 3 rings (SSSR count). The van der Waals surface area contributed by atoms with Crippen molar-refractivity contribution in [3.8, 4) is 5.75 Å². The van der Waals surface area contributed by atoms with Crippen LogP contribution >= 0.6 is 0 Å². The first-order valence-electron chi connectivity index (χ1n) is 10.1. The van der Waals surface area contributed by atoms with Crippen LogP contribution in [0.5, 0.6) is 5.75 Å². The lowest BCUT2D eigenvalue weighted by atomic mass is 9.93. The van der Waals surface area contributed by atoms with Crippen LogP contribution in [-0.2, 0) is 21.2 Å². The van der Waals surface area contributed by atoms with Gasteiger partial charge in [0.05, 0.1) is 12.9 Å². The summed E-state index contributed by atoms with van der Waals surface area (Å²) >= 11 is 0. The van der Waals surface area contributed by atoms with Gasteiger partial charge in [-0.25, -0.2) is 8.42 Å². The summed E-state index contributed by atoms with van der Waals surface area (Å²) in [5, 5.41) is 8.69. The largest absolute Gasteiger partial charge is 0.497 e. The molecule has 2 unspecified atom stereocenters. The molecule has 2 aliphatic carbocycles. The number of sulfonamides is 1. The summed E-state index contributed by atoms with van der Waals surface area (Å²) in [6.07, 6.45) is 9.00. The van der Waals surface area contributed by atoms with Gasteiger partial charge in [-0.2, -0.15) is 0 Å². The Hall–Kier alpha value is -2.28. The van der Waals surface area contributed by atoms with Crippen molar-refractivity contribution in [1.82, 2.24) is 4.72 Å². The van der Waals surface area contributed by atoms with E-state index in [1.54, 1.807) is 7.11 Å². The zero-order chi connectivity index (χ0) is 20.9. The number of carboxylic acid groups (broad SMARTS) is 1. The number of benzene rings is 1. The second kappa shape index (κ2) is 9.48. The van der Waals surface area contributed by atoms with Crippen LogP contribution in [0.25, 0.3) is 0 Å². The maximum absolute atomic E-state index is 12.6. The van der Waals surface area contributed by atoms with Crippen molar-refractivity contribution >= 4 is 16.0 Å². The molecule has 0 heterocycles. The number of aryl methyl sites for hydroxylation is 1. The fraction of sp³-hybridized carbons (Fsp3) is 0.500. The average molecular weight is 420 g/mol. The number of hydrogen-bond donors (Lipinski definition) is 2. The molecule has 0 aromatic heterocycles. The first-order valence-corrected chi connectivity index (χ1v) is 11.8. The van der Waals surface area contributed by atoms with Crippen LogP contribution in [0.4, 0.5) is 0 Å². The van der Waals surface area contributed by atoms with Gasteiger partial charge in [-0.3, -0.25) is 9.52 Å². The van der Waals surface area contributed by atoms with Gasteiger partial charge in [-0.15, -0.1) is 0 Å². The average Bonchev–Trinajstić information content (AvgIpc) is 3.26. The predicted molar refractivity (Wildman–Crippen MR) is 112 cm³/mol. The lowest BCUT2D eigenvalue weighted by Gasteiger charge is -2.19. The van der Waals surface area contributed by atoms with Crippen molar-refractivity contribution in [3.63, 3.8) is 0 Å². The van der Waals surface area contributed by atoms with Crippen molar-refractivity contribution in [2.45, 2.75) is 44.9 Å². The van der Waals surface area contributed by atoms with Crippen molar-refractivity contribution in [2.75, 3.05) is 12.9 Å². The quantitative estimate of drug-likeness (QED) is 0.422. The van der Waals surface area contributed by atoms with E-state index in [1.165, 1.54) is 5.57 Å². The van der Waals surface area contributed by atoms with Crippen molar-refractivity contribution in [1.29, 1.82) is 0 Å². The number of nitrogens with one attached hydrogen (secondary N) is 1. The molecule has 1 aromatic carbocycles. The molecular weight excluding hydrogens is 390 g/mol. The zero-order valence-electron chi connectivity index (χ0n) is 16.8. The van der Waals surface area contributed by atoms with Gasteiger partial charge in [0.25, 0.3) is 0 Å². The number of ether oxygens (including phenoxy) is 1. The Morgan fingerprint density at radius 1 is 1.28 bits per heavy atom.